The maximum Gasteiger partial charge on any atom is 0.231 e. The number of halogens is 3. The Morgan fingerprint density at radius 3 is 1.98 bits per heavy atom. The summed E-state index contributed by atoms with van der Waals surface area (Å²) < 4.78 is 10.8. The number of pyridine rings is 2. The van der Waals surface area contributed by atoms with Crippen molar-refractivity contribution >= 4 is 83.7 Å². The van der Waals surface area contributed by atoms with E-state index in [-0.39, 0.29) is 6.79 Å². The largest absolute Gasteiger partial charge is 0.454 e. The van der Waals surface area contributed by atoms with E-state index in [1.54, 1.807) is 23.7 Å². The van der Waals surface area contributed by atoms with Crippen LogP contribution < -0.4 is 14.8 Å². The van der Waals surface area contributed by atoms with E-state index in [9.17, 15) is 0 Å². The van der Waals surface area contributed by atoms with Gasteiger partial charge in [0.05, 0.1) is 20.8 Å². The van der Waals surface area contributed by atoms with Gasteiger partial charge < -0.3 is 14.8 Å². The first kappa shape index (κ1) is 30.5. The van der Waals surface area contributed by atoms with Gasteiger partial charge in [-0.3, -0.25) is 9.97 Å². The second-order valence-corrected chi connectivity index (χ2v) is 13.5. The minimum absolute atomic E-state index is 0.260. The zero-order valence-corrected chi connectivity index (χ0v) is 28.1. The van der Waals surface area contributed by atoms with Gasteiger partial charge in [0.25, 0.3) is 0 Å². The second kappa shape index (κ2) is 12.9. The van der Waals surface area contributed by atoms with E-state index >= 15 is 0 Å². The molecule has 0 spiro atoms. The minimum atomic E-state index is 0.260. The molecule has 0 amide bonds. The van der Waals surface area contributed by atoms with Gasteiger partial charge in [-0.05, 0) is 55.8 Å². The molecule has 0 saturated heterocycles. The Morgan fingerprint density at radius 2 is 1.33 bits per heavy atom. The Hall–Kier alpha value is -4.13. The lowest BCUT2D eigenvalue weighted by atomic mass is 10.2. The first-order valence-electron chi connectivity index (χ1n) is 13.9. The Balaban J connectivity index is 0.000000162. The molecule has 7 aromatic rings. The van der Waals surface area contributed by atoms with E-state index in [0.29, 0.717) is 44.9 Å². The van der Waals surface area contributed by atoms with Gasteiger partial charge in [-0.1, -0.05) is 53.0 Å². The summed E-state index contributed by atoms with van der Waals surface area (Å²) in [5.41, 5.74) is 2.47. The molecule has 1 aliphatic rings. The lowest BCUT2D eigenvalue weighted by Gasteiger charge is -2.10. The average Bonchev–Trinajstić information content (AvgIpc) is 3.75. The summed E-state index contributed by atoms with van der Waals surface area (Å²) in [6.07, 6.45) is 3.43. The lowest BCUT2D eigenvalue weighted by Crippen LogP contribution is -2.04. The van der Waals surface area contributed by atoms with Crippen molar-refractivity contribution in [1.29, 1.82) is 0 Å². The number of rotatable bonds is 5. The van der Waals surface area contributed by atoms with Crippen LogP contribution in [0.1, 0.15) is 15.3 Å². The van der Waals surface area contributed by atoms with Crippen molar-refractivity contribution < 1.29 is 9.47 Å². The number of anilines is 1. The number of nitrogens with zero attached hydrogens (tertiary/aromatic N) is 6. The van der Waals surface area contributed by atoms with Crippen molar-refractivity contribution in [3.05, 3.63) is 97.5 Å². The Bertz CT molecular complexity index is 2210. The van der Waals surface area contributed by atoms with Crippen molar-refractivity contribution in [2.24, 2.45) is 0 Å². The number of thiophene rings is 2. The molecule has 14 heteroatoms. The molecule has 46 heavy (non-hydrogen) atoms. The van der Waals surface area contributed by atoms with Crippen molar-refractivity contribution in [1.82, 2.24) is 29.9 Å². The van der Waals surface area contributed by atoms with Gasteiger partial charge in [-0.25, -0.2) is 19.9 Å². The topological polar surface area (TPSA) is 108 Å². The van der Waals surface area contributed by atoms with Crippen LogP contribution in [-0.4, -0.2) is 36.7 Å². The zero-order chi connectivity index (χ0) is 31.8. The third kappa shape index (κ3) is 6.04. The summed E-state index contributed by atoms with van der Waals surface area (Å²) in [4.78, 5) is 30.3. The molecular formula is C32H22Cl3N7O2S2. The second-order valence-electron chi connectivity index (χ2n) is 10.0. The van der Waals surface area contributed by atoms with Gasteiger partial charge >= 0.3 is 0 Å². The van der Waals surface area contributed by atoms with E-state index in [4.69, 9.17) is 49.3 Å². The van der Waals surface area contributed by atoms with Gasteiger partial charge in [-0.2, -0.15) is 0 Å². The fourth-order valence-corrected chi connectivity index (χ4v) is 7.60. The molecule has 230 valence electrons. The van der Waals surface area contributed by atoms with Crippen molar-refractivity contribution in [2.45, 2.75) is 20.4 Å². The van der Waals surface area contributed by atoms with Gasteiger partial charge in [0.1, 0.15) is 32.0 Å². The Morgan fingerprint density at radius 1 is 0.717 bits per heavy atom. The molecule has 1 aromatic carbocycles. The summed E-state index contributed by atoms with van der Waals surface area (Å²) in [5.74, 6) is 3.30. The number of aromatic nitrogens is 6. The highest BCUT2D eigenvalue weighted by atomic mass is 35.5. The molecule has 9 nitrogen and oxygen atoms in total. The molecule has 0 fully saturated rings. The molecule has 6 aromatic heterocycles. The van der Waals surface area contributed by atoms with Crippen LogP contribution in [0, 0.1) is 13.8 Å². The third-order valence-electron chi connectivity index (χ3n) is 6.95. The van der Waals surface area contributed by atoms with Crippen LogP contribution in [0.2, 0.25) is 15.2 Å². The third-order valence-corrected chi connectivity index (χ3v) is 10.4. The summed E-state index contributed by atoms with van der Waals surface area (Å²) in [5, 5.41) is 6.65. The van der Waals surface area contributed by atoms with Crippen molar-refractivity contribution in [2.75, 3.05) is 12.1 Å². The molecule has 0 aliphatic carbocycles. The standard InChI is InChI=1S/C20H15ClN4O2S.C12H7Cl2N3S/c1-11-17(21)16-19(23-9-12-5-6-14-15(8-12)27-10-26-14)24-18(25-20(16)28-11)13-4-2-3-7-22-13;1-6-9(13)8-10(14)16-11(17-12(8)18-6)7-4-2-3-5-15-7/h2-8H,9-10H2,1H3,(H,23,24,25);2-5H,1H3. The number of hydrogen-bond donors (Lipinski definition) is 1. The fourth-order valence-electron chi connectivity index (χ4n) is 4.70. The van der Waals surface area contributed by atoms with Crippen molar-refractivity contribution in [3.8, 4) is 34.5 Å². The smallest absolute Gasteiger partial charge is 0.231 e. The lowest BCUT2D eigenvalue weighted by molar-refractivity contribution is 0.174. The highest BCUT2D eigenvalue weighted by Crippen LogP contribution is 2.40. The molecule has 0 saturated carbocycles. The minimum Gasteiger partial charge on any atom is -0.454 e. The number of fused-ring (bicyclic) bond motifs is 3. The van der Waals surface area contributed by atoms with E-state index in [1.807, 2.05) is 68.4 Å². The molecule has 1 N–H and O–H groups in total. The molecule has 7 heterocycles. The maximum atomic E-state index is 6.54. The summed E-state index contributed by atoms with van der Waals surface area (Å²) in [6.45, 7) is 4.74. The van der Waals surface area contributed by atoms with Crippen LogP contribution in [0.4, 0.5) is 5.82 Å². The van der Waals surface area contributed by atoms with Gasteiger partial charge in [0.15, 0.2) is 23.1 Å². The summed E-state index contributed by atoms with van der Waals surface area (Å²) in [7, 11) is 0. The number of benzene rings is 1. The summed E-state index contributed by atoms with van der Waals surface area (Å²) in [6, 6.07) is 17.1. The number of nitrogens with one attached hydrogen (secondary N) is 1. The van der Waals surface area contributed by atoms with Gasteiger partial charge in [-0.15, -0.1) is 22.7 Å². The molecule has 1 aliphatic heterocycles. The predicted molar refractivity (Wildman–Crippen MR) is 186 cm³/mol. The highest BCUT2D eigenvalue weighted by molar-refractivity contribution is 7.19. The quantitative estimate of drug-likeness (QED) is 0.175. The number of hydrogen-bond acceptors (Lipinski definition) is 11. The van der Waals surface area contributed by atoms with Crippen LogP contribution in [0.25, 0.3) is 43.5 Å². The van der Waals surface area contributed by atoms with Crippen LogP contribution in [0.15, 0.2) is 67.0 Å². The van der Waals surface area contributed by atoms with Crippen molar-refractivity contribution in [3.63, 3.8) is 0 Å². The first-order valence-corrected chi connectivity index (χ1v) is 16.7. The van der Waals surface area contributed by atoms with E-state index in [1.165, 1.54) is 11.3 Å². The van der Waals surface area contributed by atoms with Gasteiger partial charge in [0, 0.05) is 28.7 Å². The normalized spacial score (nSPS) is 11.9. The first-order chi connectivity index (χ1) is 22.4. The van der Waals surface area contributed by atoms with E-state index in [2.05, 4.69) is 30.2 Å². The molecular weight excluding hydrogens is 685 g/mol. The predicted octanol–water partition coefficient (Wildman–Crippen LogP) is 9.42. The van der Waals surface area contributed by atoms with E-state index < -0.39 is 0 Å². The zero-order valence-electron chi connectivity index (χ0n) is 24.2. The Labute approximate surface area is 286 Å². The van der Waals surface area contributed by atoms with Crippen LogP contribution in [0.3, 0.4) is 0 Å². The molecule has 0 unspecified atom stereocenters. The molecule has 0 bridgehead atoms. The molecule has 0 atom stereocenters. The summed E-state index contributed by atoms with van der Waals surface area (Å²) >= 11 is 22.0. The monoisotopic (exact) mass is 705 g/mol. The van der Waals surface area contributed by atoms with Crippen LogP contribution in [0.5, 0.6) is 11.5 Å². The maximum absolute atomic E-state index is 6.54. The van der Waals surface area contributed by atoms with Crippen LogP contribution in [-0.2, 0) is 6.54 Å². The number of aryl methyl sites for hydroxylation is 2. The fraction of sp³-hybridized carbons (Fsp3) is 0.125. The van der Waals surface area contributed by atoms with Crippen LogP contribution >= 0.6 is 57.5 Å². The Kier molecular flexibility index (Phi) is 8.58. The SMILES string of the molecule is Cc1sc2nc(-c3ccccn3)nc(Cl)c2c1Cl.Cc1sc2nc(-c3ccccn3)nc(NCc3ccc4c(c3)OCO4)c2c1Cl. The molecule has 0 radical (unpaired) electrons. The highest BCUT2D eigenvalue weighted by Gasteiger charge is 2.19. The molecule has 8 rings (SSSR count). The number of ether oxygens (including phenoxy) is 2. The van der Waals surface area contributed by atoms with Gasteiger partial charge in [0.2, 0.25) is 6.79 Å². The average molecular weight is 707 g/mol. The van der Waals surface area contributed by atoms with E-state index in [0.717, 1.165) is 52.9 Å².